The Hall–Kier alpha value is -13.2. The molecule has 100 heavy (non-hydrogen) atoms. The predicted molar refractivity (Wildman–Crippen MR) is 409 cm³/mol. The van der Waals surface area contributed by atoms with Crippen molar-refractivity contribution in [3.63, 3.8) is 0 Å². The SMILES string of the molecule is CC1(C)c2ccccc2-c2cc3c(ccc4ccc5cc(-c6ccc(-c7nc(-c8ccccc8)nc(-c8ccccc8)n7)cn6)ccc5c43)cc21.c1ccc(-c2nc(-c3ccccc3)nc(-c3ccc(-c4ccc5c(ccc6ccc7cc8oc9ccccc9c8cc7c65)c4)nc3)n2)cc1. The minimum Gasteiger partial charge on any atom is -0.456 e. The molecule has 0 atom stereocenters. The molecule has 20 rings (SSSR count). The number of pyridine rings is 2. The minimum absolute atomic E-state index is 0.0246. The Balaban J connectivity index is 0.000000139. The standard InChI is InChI=1S/C47H32N4.C44H26N4O/c1-47(2)40-16-10-9-15-37(40)39-27-38-33(26-41(39)47)20-18-29-17-19-32-25-34(21-23-36(32)43(29)38)42-24-22-35(28-48-42)46-50-44(30-11-5-3-6-12-30)49-45(51-46)31-13-7-4-8-14-31;1-3-9-28(10-4-1)42-46-43(29-11-5-2-6-12-29)48-44(47-42)33-20-22-38(45-26-33)32-19-21-34-30(23-32)17-15-27-16-18-31-24-40-37(25-36(31)41(27)34)35-13-7-8-14-39(35)49-40/h3-28H,1-2H3;1-26H. The fourth-order valence-corrected chi connectivity index (χ4v) is 14.8. The number of furan rings is 1. The van der Waals surface area contributed by atoms with Gasteiger partial charge in [0, 0.05) is 73.1 Å². The van der Waals surface area contributed by atoms with Gasteiger partial charge < -0.3 is 4.42 Å². The monoisotopic (exact) mass is 1280 g/mol. The number of para-hydroxylation sites is 1. The van der Waals surface area contributed by atoms with Crippen molar-refractivity contribution in [2.45, 2.75) is 19.3 Å². The zero-order chi connectivity index (χ0) is 66.4. The zero-order valence-electron chi connectivity index (χ0n) is 54.5. The Bertz CT molecular complexity index is 6350. The molecule has 0 saturated heterocycles. The minimum atomic E-state index is -0.0246. The van der Waals surface area contributed by atoms with Crippen molar-refractivity contribution >= 4 is 86.6 Å². The van der Waals surface area contributed by atoms with E-state index in [0.717, 1.165) is 88.6 Å². The highest BCUT2D eigenvalue weighted by Crippen LogP contribution is 2.51. The highest BCUT2D eigenvalue weighted by Gasteiger charge is 2.35. The van der Waals surface area contributed by atoms with Crippen LogP contribution in [0.3, 0.4) is 0 Å². The van der Waals surface area contributed by atoms with Crippen LogP contribution in [0.2, 0.25) is 0 Å². The van der Waals surface area contributed by atoms with E-state index in [4.69, 9.17) is 44.3 Å². The van der Waals surface area contributed by atoms with E-state index >= 15 is 0 Å². The molecule has 9 heteroatoms. The molecule has 0 unspecified atom stereocenters. The van der Waals surface area contributed by atoms with Gasteiger partial charge in [0.25, 0.3) is 0 Å². The van der Waals surface area contributed by atoms with Crippen molar-refractivity contribution in [2.75, 3.05) is 0 Å². The van der Waals surface area contributed by atoms with Crippen LogP contribution in [0.25, 0.3) is 189 Å². The van der Waals surface area contributed by atoms with E-state index in [-0.39, 0.29) is 5.41 Å². The molecule has 5 aromatic heterocycles. The van der Waals surface area contributed by atoms with Crippen LogP contribution in [0.5, 0.6) is 0 Å². The predicted octanol–water partition coefficient (Wildman–Crippen LogP) is 23.0. The van der Waals surface area contributed by atoms with Crippen LogP contribution in [0, 0.1) is 0 Å². The topological polar surface area (TPSA) is 116 Å². The molecule has 14 aromatic carbocycles. The van der Waals surface area contributed by atoms with E-state index in [1.165, 1.54) is 76.1 Å². The summed E-state index contributed by atoms with van der Waals surface area (Å²) < 4.78 is 6.20. The van der Waals surface area contributed by atoms with E-state index in [1.54, 1.807) is 0 Å². The van der Waals surface area contributed by atoms with E-state index in [2.05, 4.69) is 172 Å². The average Bonchev–Trinajstić information content (AvgIpc) is 1.56. The first-order chi connectivity index (χ1) is 49.3. The third-order valence-corrected chi connectivity index (χ3v) is 19.9. The van der Waals surface area contributed by atoms with Gasteiger partial charge in [-0.2, -0.15) is 0 Å². The second kappa shape index (κ2) is 23.5. The Kier molecular flexibility index (Phi) is 13.7. The second-order valence-electron chi connectivity index (χ2n) is 26.2. The zero-order valence-corrected chi connectivity index (χ0v) is 54.5. The highest BCUT2D eigenvalue weighted by atomic mass is 16.3. The van der Waals surface area contributed by atoms with Gasteiger partial charge in [-0.05, 0) is 154 Å². The lowest BCUT2D eigenvalue weighted by molar-refractivity contribution is 0.661. The maximum atomic E-state index is 6.20. The molecule has 468 valence electrons. The fraction of sp³-hybridized carbons (Fsp3) is 0.0330. The fourth-order valence-electron chi connectivity index (χ4n) is 14.8. The lowest BCUT2D eigenvalue weighted by Crippen LogP contribution is -2.14. The van der Waals surface area contributed by atoms with Crippen molar-refractivity contribution in [1.82, 2.24) is 39.9 Å². The highest BCUT2D eigenvalue weighted by molar-refractivity contribution is 6.24. The molecular formula is C91H58N8O. The van der Waals surface area contributed by atoms with Crippen molar-refractivity contribution in [2.24, 2.45) is 0 Å². The Labute approximate surface area is 575 Å². The van der Waals surface area contributed by atoms with Crippen molar-refractivity contribution in [1.29, 1.82) is 0 Å². The van der Waals surface area contributed by atoms with E-state index in [9.17, 15) is 0 Å². The number of fused-ring (bicyclic) bond motifs is 16. The molecule has 0 saturated carbocycles. The third-order valence-electron chi connectivity index (χ3n) is 19.9. The molecule has 0 aliphatic heterocycles. The Morgan fingerprint density at radius 3 is 1.10 bits per heavy atom. The molecule has 0 spiro atoms. The molecule has 0 fully saturated rings. The first-order valence-electron chi connectivity index (χ1n) is 33.7. The van der Waals surface area contributed by atoms with Crippen molar-refractivity contribution in [3.8, 4) is 102 Å². The number of hydrogen-bond donors (Lipinski definition) is 0. The van der Waals surface area contributed by atoms with Crippen LogP contribution < -0.4 is 0 Å². The summed E-state index contributed by atoms with van der Waals surface area (Å²) in [5, 5.41) is 17.0. The Morgan fingerprint density at radius 1 is 0.240 bits per heavy atom. The number of nitrogens with zero attached hydrogens (tertiary/aromatic N) is 8. The summed E-state index contributed by atoms with van der Waals surface area (Å²) in [5.41, 5.74) is 16.6. The summed E-state index contributed by atoms with van der Waals surface area (Å²) in [6.45, 7) is 4.69. The largest absolute Gasteiger partial charge is 0.456 e. The molecule has 1 aliphatic carbocycles. The molecule has 19 aromatic rings. The van der Waals surface area contributed by atoms with Crippen LogP contribution in [0.15, 0.2) is 320 Å². The van der Waals surface area contributed by atoms with Gasteiger partial charge in [-0.3, -0.25) is 9.97 Å². The molecular weight excluding hydrogens is 1220 g/mol. The van der Waals surface area contributed by atoms with E-state index < -0.39 is 0 Å². The van der Waals surface area contributed by atoms with Gasteiger partial charge in [0.15, 0.2) is 34.9 Å². The molecule has 0 amide bonds. The molecule has 0 radical (unpaired) electrons. The summed E-state index contributed by atoms with van der Waals surface area (Å²) in [5.74, 6) is 3.71. The third kappa shape index (κ3) is 10.1. The first kappa shape index (κ1) is 58.1. The maximum Gasteiger partial charge on any atom is 0.165 e. The average molecular weight is 1280 g/mol. The van der Waals surface area contributed by atoms with Gasteiger partial charge in [0.05, 0.1) is 11.4 Å². The van der Waals surface area contributed by atoms with Gasteiger partial charge >= 0.3 is 0 Å². The van der Waals surface area contributed by atoms with Gasteiger partial charge in [-0.25, -0.2) is 29.9 Å². The van der Waals surface area contributed by atoms with Gasteiger partial charge in [-0.1, -0.05) is 250 Å². The van der Waals surface area contributed by atoms with Crippen LogP contribution in [-0.2, 0) is 5.41 Å². The van der Waals surface area contributed by atoms with Crippen molar-refractivity contribution < 1.29 is 4.42 Å². The molecule has 9 nitrogen and oxygen atoms in total. The van der Waals surface area contributed by atoms with E-state index in [1.807, 2.05) is 158 Å². The van der Waals surface area contributed by atoms with Crippen LogP contribution in [0.1, 0.15) is 25.0 Å². The quantitative estimate of drug-likeness (QED) is 0.137. The number of benzene rings is 14. The van der Waals surface area contributed by atoms with E-state index in [0.29, 0.717) is 34.9 Å². The normalized spacial score (nSPS) is 12.4. The van der Waals surface area contributed by atoms with Gasteiger partial charge in [-0.15, -0.1) is 0 Å². The van der Waals surface area contributed by atoms with Gasteiger partial charge in [0.2, 0.25) is 0 Å². The summed E-state index contributed by atoms with van der Waals surface area (Å²) >= 11 is 0. The second-order valence-corrected chi connectivity index (χ2v) is 26.2. The Morgan fingerprint density at radius 2 is 0.630 bits per heavy atom. The maximum absolute atomic E-state index is 6.20. The summed E-state index contributed by atoms with van der Waals surface area (Å²) in [6.07, 6.45) is 3.72. The summed E-state index contributed by atoms with van der Waals surface area (Å²) in [6, 6.07) is 106. The van der Waals surface area contributed by atoms with Crippen LogP contribution in [0.4, 0.5) is 0 Å². The lowest BCUT2D eigenvalue weighted by Gasteiger charge is -2.22. The van der Waals surface area contributed by atoms with Crippen LogP contribution >= 0.6 is 0 Å². The summed E-state index contributed by atoms with van der Waals surface area (Å²) in [4.78, 5) is 38.9. The number of hydrogen-bond acceptors (Lipinski definition) is 9. The number of aromatic nitrogens is 8. The van der Waals surface area contributed by atoms with Gasteiger partial charge in [0.1, 0.15) is 11.2 Å². The van der Waals surface area contributed by atoms with Crippen molar-refractivity contribution in [3.05, 3.63) is 327 Å². The van der Waals surface area contributed by atoms with Crippen LogP contribution in [-0.4, -0.2) is 39.9 Å². The first-order valence-corrected chi connectivity index (χ1v) is 33.7. The smallest absolute Gasteiger partial charge is 0.165 e. The molecule has 1 aliphatic rings. The number of rotatable bonds is 8. The summed E-state index contributed by atoms with van der Waals surface area (Å²) in [7, 11) is 0. The molecule has 0 N–H and O–H groups in total. The molecule has 5 heterocycles. The lowest BCUT2D eigenvalue weighted by atomic mass is 9.81. The molecule has 0 bridgehead atoms.